The van der Waals surface area contributed by atoms with Gasteiger partial charge in [-0.25, -0.2) is 0 Å². The third-order valence-corrected chi connectivity index (χ3v) is 3.47. The van der Waals surface area contributed by atoms with E-state index in [0.29, 0.717) is 5.75 Å². The van der Waals surface area contributed by atoms with Gasteiger partial charge in [-0.2, -0.15) is 0 Å². The van der Waals surface area contributed by atoms with Crippen LogP contribution in [0.1, 0.15) is 32.3 Å². The Bertz CT molecular complexity index is 578. The molecule has 2 rings (SSSR count). The summed E-state index contributed by atoms with van der Waals surface area (Å²) in [6.45, 7) is 3.93. The van der Waals surface area contributed by atoms with Gasteiger partial charge in [0.2, 0.25) is 0 Å². The molecule has 1 amide bonds. The Morgan fingerprint density at radius 2 is 1.77 bits per heavy atom. The van der Waals surface area contributed by atoms with Gasteiger partial charge in [0.15, 0.2) is 6.10 Å². The van der Waals surface area contributed by atoms with E-state index in [1.54, 1.807) is 6.92 Å². The molecule has 0 radical (unpaired) electrons. The molecule has 2 aromatic rings. The Hall–Kier alpha value is -2.29. The van der Waals surface area contributed by atoms with Crippen molar-refractivity contribution < 1.29 is 9.53 Å². The van der Waals surface area contributed by atoms with E-state index in [0.717, 1.165) is 12.1 Å². The molecule has 3 heteroatoms. The molecule has 2 aromatic carbocycles. The number of unbranched alkanes of at least 4 members (excludes halogenated alkanes) is 1. The number of hydrogen-bond acceptors (Lipinski definition) is 2. The molecule has 0 aliphatic carbocycles. The van der Waals surface area contributed by atoms with Gasteiger partial charge in [0, 0.05) is 5.69 Å². The predicted octanol–water partition coefficient (Wildman–Crippen LogP) is 4.44. The number of carbonyl (C=O) groups excluding carboxylic acids is 1. The van der Waals surface area contributed by atoms with Crippen LogP contribution in [0, 0.1) is 0 Å². The fraction of sp³-hybridized carbons (Fsp3) is 0.316. The number of ether oxygens (including phenoxy) is 1. The average Bonchev–Trinajstić information content (AvgIpc) is 2.55. The summed E-state index contributed by atoms with van der Waals surface area (Å²) in [5, 5.41) is 2.88. The molecule has 0 heterocycles. The highest BCUT2D eigenvalue weighted by atomic mass is 16.5. The number of aryl methyl sites for hydroxylation is 1. The highest BCUT2D eigenvalue weighted by molar-refractivity contribution is 5.94. The van der Waals surface area contributed by atoms with Gasteiger partial charge >= 0.3 is 0 Å². The molecule has 1 unspecified atom stereocenters. The lowest BCUT2D eigenvalue weighted by Gasteiger charge is -2.14. The van der Waals surface area contributed by atoms with E-state index in [-0.39, 0.29) is 5.91 Å². The maximum Gasteiger partial charge on any atom is 0.265 e. The van der Waals surface area contributed by atoms with Crippen molar-refractivity contribution >= 4 is 11.6 Å². The van der Waals surface area contributed by atoms with Crippen LogP contribution in [-0.4, -0.2) is 12.0 Å². The van der Waals surface area contributed by atoms with E-state index in [4.69, 9.17) is 4.74 Å². The summed E-state index contributed by atoms with van der Waals surface area (Å²) in [5.41, 5.74) is 2.10. The van der Waals surface area contributed by atoms with Gasteiger partial charge in [0.1, 0.15) is 5.75 Å². The highest BCUT2D eigenvalue weighted by Crippen LogP contribution is 2.14. The van der Waals surface area contributed by atoms with E-state index in [1.165, 1.54) is 18.4 Å². The number of rotatable bonds is 7. The Morgan fingerprint density at radius 1 is 1.09 bits per heavy atom. The van der Waals surface area contributed by atoms with E-state index < -0.39 is 6.10 Å². The first kappa shape index (κ1) is 16.1. The van der Waals surface area contributed by atoms with Crippen molar-refractivity contribution in [2.75, 3.05) is 5.32 Å². The summed E-state index contributed by atoms with van der Waals surface area (Å²) < 4.78 is 5.61. The largest absolute Gasteiger partial charge is 0.481 e. The molecule has 0 saturated carbocycles. The number of amides is 1. The molecule has 22 heavy (non-hydrogen) atoms. The maximum absolute atomic E-state index is 12.1. The van der Waals surface area contributed by atoms with Crippen LogP contribution in [0.25, 0.3) is 0 Å². The lowest BCUT2D eigenvalue weighted by Crippen LogP contribution is -2.30. The van der Waals surface area contributed by atoms with E-state index in [2.05, 4.69) is 24.4 Å². The quantitative estimate of drug-likeness (QED) is 0.820. The monoisotopic (exact) mass is 297 g/mol. The second kappa shape index (κ2) is 8.23. The average molecular weight is 297 g/mol. The fourth-order valence-corrected chi connectivity index (χ4v) is 2.14. The first-order valence-electron chi connectivity index (χ1n) is 7.80. The fourth-order valence-electron chi connectivity index (χ4n) is 2.14. The van der Waals surface area contributed by atoms with Gasteiger partial charge in [-0.05, 0) is 49.6 Å². The molecule has 0 aliphatic rings. The normalized spacial score (nSPS) is 11.7. The number of nitrogens with one attached hydrogen (secondary N) is 1. The molecule has 0 saturated heterocycles. The molecular weight excluding hydrogens is 274 g/mol. The summed E-state index contributed by atoms with van der Waals surface area (Å²) >= 11 is 0. The maximum atomic E-state index is 12.1. The summed E-state index contributed by atoms with van der Waals surface area (Å²) in [5.74, 6) is 0.547. The Morgan fingerprint density at radius 3 is 2.41 bits per heavy atom. The summed E-state index contributed by atoms with van der Waals surface area (Å²) in [4.78, 5) is 12.1. The minimum absolute atomic E-state index is 0.148. The number of anilines is 1. The van der Waals surface area contributed by atoms with Crippen LogP contribution in [0.2, 0.25) is 0 Å². The van der Waals surface area contributed by atoms with Crippen LogP contribution in [0.3, 0.4) is 0 Å². The zero-order valence-electron chi connectivity index (χ0n) is 13.2. The van der Waals surface area contributed by atoms with Gasteiger partial charge < -0.3 is 10.1 Å². The third kappa shape index (κ3) is 4.92. The van der Waals surface area contributed by atoms with Gasteiger partial charge in [-0.3, -0.25) is 4.79 Å². The van der Waals surface area contributed by atoms with E-state index in [1.807, 2.05) is 42.5 Å². The summed E-state index contributed by atoms with van der Waals surface area (Å²) in [7, 11) is 0. The molecule has 0 spiro atoms. The molecule has 1 N–H and O–H groups in total. The van der Waals surface area contributed by atoms with Crippen LogP contribution in [0.4, 0.5) is 5.69 Å². The molecule has 0 bridgehead atoms. The van der Waals surface area contributed by atoms with Crippen molar-refractivity contribution in [2.45, 2.75) is 39.2 Å². The van der Waals surface area contributed by atoms with Crippen LogP contribution < -0.4 is 10.1 Å². The molecule has 0 aliphatic heterocycles. The molecule has 1 atom stereocenters. The van der Waals surface area contributed by atoms with Gasteiger partial charge in [-0.15, -0.1) is 0 Å². The lowest BCUT2D eigenvalue weighted by atomic mass is 10.1. The highest BCUT2D eigenvalue weighted by Gasteiger charge is 2.14. The van der Waals surface area contributed by atoms with Crippen LogP contribution >= 0.6 is 0 Å². The van der Waals surface area contributed by atoms with Crippen LogP contribution in [0.5, 0.6) is 5.75 Å². The van der Waals surface area contributed by atoms with Crippen molar-refractivity contribution in [2.24, 2.45) is 0 Å². The standard InChI is InChI=1S/C19H23NO2/c1-3-4-8-16-11-13-17(14-12-16)20-19(21)15(2)22-18-9-6-5-7-10-18/h5-7,9-15H,3-4,8H2,1-2H3,(H,20,21). The molecule has 0 aromatic heterocycles. The van der Waals surface area contributed by atoms with Crippen molar-refractivity contribution in [3.05, 3.63) is 60.2 Å². The Balaban J connectivity index is 1.88. The van der Waals surface area contributed by atoms with E-state index in [9.17, 15) is 4.79 Å². The van der Waals surface area contributed by atoms with E-state index >= 15 is 0 Å². The molecular formula is C19H23NO2. The minimum Gasteiger partial charge on any atom is -0.481 e. The topological polar surface area (TPSA) is 38.3 Å². The number of benzene rings is 2. The first-order chi connectivity index (χ1) is 10.7. The van der Waals surface area contributed by atoms with Crippen LogP contribution in [-0.2, 0) is 11.2 Å². The Labute approximate surface area is 132 Å². The predicted molar refractivity (Wildman–Crippen MR) is 90.2 cm³/mol. The summed E-state index contributed by atoms with van der Waals surface area (Å²) in [6.07, 6.45) is 2.92. The van der Waals surface area contributed by atoms with Crippen LogP contribution in [0.15, 0.2) is 54.6 Å². The molecule has 116 valence electrons. The van der Waals surface area contributed by atoms with Crippen molar-refractivity contribution in [3.63, 3.8) is 0 Å². The second-order valence-electron chi connectivity index (χ2n) is 5.36. The van der Waals surface area contributed by atoms with Gasteiger partial charge in [0.05, 0.1) is 0 Å². The number of hydrogen-bond donors (Lipinski definition) is 1. The molecule has 3 nitrogen and oxygen atoms in total. The zero-order valence-corrected chi connectivity index (χ0v) is 13.2. The van der Waals surface area contributed by atoms with Gasteiger partial charge in [-0.1, -0.05) is 43.7 Å². The first-order valence-corrected chi connectivity index (χ1v) is 7.80. The lowest BCUT2D eigenvalue weighted by molar-refractivity contribution is -0.122. The SMILES string of the molecule is CCCCc1ccc(NC(=O)C(C)Oc2ccccc2)cc1. The third-order valence-electron chi connectivity index (χ3n) is 3.47. The van der Waals surface area contributed by atoms with Gasteiger partial charge in [0.25, 0.3) is 5.91 Å². The smallest absolute Gasteiger partial charge is 0.265 e. The van der Waals surface area contributed by atoms with Crippen molar-refractivity contribution in [3.8, 4) is 5.75 Å². The second-order valence-corrected chi connectivity index (χ2v) is 5.36. The number of carbonyl (C=O) groups is 1. The Kier molecular flexibility index (Phi) is 6.01. The summed E-state index contributed by atoms with van der Waals surface area (Å²) in [6, 6.07) is 17.4. The molecule has 0 fully saturated rings. The zero-order chi connectivity index (χ0) is 15.8. The minimum atomic E-state index is -0.540. The van der Waals surface area contributed by atoms with Crippen molar-refractivity contribution in [1.82, 2.24) is 0 Å². The van der Waals surface area contributed by atoms with Crippen molar-refractivity contribution in [1.29, 1.82) is 0 Å². The number of para-hydroxylation sites is 1.